The minimum Gasteiger partial charge on any atom is -0.494 e. The summed E-state index contributed by atoms with van der Waals surface area (Å²) in [7, 11) is 0. The van der Waals surface area contributed by atoms with Gasteiger partial charge >= 0.3 is 0 Å². The highest BCUT2D eigenvalue weighted by atomic mass is 16.5. The first-order valence-corrected chi connectivity index (χ1v) is 6.86. The summed E-state index contributed by atoms with van der Waals surface area (Å²) in [5, 5.41) is 0. The van der Waals surface area contributed by atoms with Crippen molar-refractivity contribution in [2.45, 2.75) is 13.8 Å². The van der Waals surface area contributed by atoms with Crippen LogP contribution in [0.15, 0.2) is 42.6 Å². The Morgan fingerprint density at radius 3 is 2.14 bits per heavy atom. The van der Waals surface area contributed by atoms with Crippen molar-refractivity contribution in [2.24, 2.45) is 0 Å². The van der Waals surface area contributed by atoms with Crippen LogP contribution in [0.3, 0.4) is 0 Å². The van der Waals surface area contributed by atoms with E-state index >= 15 is 0 Å². The number of ether oxygens (including phenoxy) is 1. The number of nitrogens with one attached hydrogen (secondary N) is 2. The number of amides is 2. The van der Waals surface area contributed by atoms with Gasteiger partial charge in [-0.25, -0.2) is 0 Å². The minimum atomic E-state index is -0.424. The number of hydrogen-bond donors (Lipinski definition) is 2. The van der Waals surface area contributed by atoms with E-state index in [1.807, 2.05) is 13.8 Å². The zero-order valence-corrected chi connectivity index (χ0v) is 12.4. The van der Waals surface area contributed by atoms with E-state index in [0.29, 0.717) is 23.5 Å². The summed E-state index contributed by atoms with van der Waals surface area (Å²) in [6.07, 6.45) is 1.45. The van der Waals surface area contributed by atoms with Gasteiger partial charge in [-0.05, 0) is 50.2 Å². The van der Waals surface area contributed by atoms with E-state index in [0.717, 1.165) is 5.69 Å². The number of aryl methyl sites for hydroxylation is 1. The summed E-state index contributed by atoms with van der Waals surface area (Å²) in [5.74, 6) is -0.142. The Labute approximate surface area is 128 Å². The predicted molar refractivity (Wildman–Crippen MR) is 81.5 cm³/mol. The summed E-state index contributed by atoms with van der Waals surface area (Å²) in [5.41, 5.74) is 6.31. The number of rotatable bonds is 4. The molecule has 2 aromatic rings. The molecule has 0 bridgehead atoms. The second-order valence-corrected chi connectivity index (χ2v) is 4.55. The maximum absolute atomic E-state index is 11.9. The summed E-state index contributed by atoms with van der Waals surface area (Å²) in [6.45, 7) is 4.28. The van der Waals surface area contributed by atoms with Crippen molar-refractivity contribution < 1.29 is 14.3 Å². The third-order valence-corrected chi connectivity index (χ3v) is 2.89. The van der Waals surface area contributed by atoms with Gasteiger partial charge in [0.25, 0.3) is 11.8 Å². The second-order valence-electron chi connectivity index (χ2n) is 4.55. The molecule has 0 unspecified atom stereocenters. The average molecular weight is 299 g/mol. The first-order chi connectivity index (χ1) is 10.6. The van der Waals surface area contributed by atoms with Crippen molar-refractivity contribution in [3.63, 3.8) is 0 Å². The van der Waals surface area contributed by atoms with E-state index in [4.69, 9.17) is 4.74 Å². The smallest absolute Gasteiger partial charge is 0.271 e. The lowest BCUT2D eigenvalue weighted by Crippen LogP contribution is -2.41. The lowest BCUT2D eigenvalue weighted by Gasteiger charge is -2.08. The summed E-state index contributed by atoms with van der Waals surface area (Å²) in [4.78, 5) is 27.8. The molecule has 6 nitrogen and oxygen atoms in total. The van der Waals surface area contributed by atoms with Gasteiger partial charge < -0.3 is 4.74 Å². The highest BCUT2D eigenvalue weighted by molar-refractivity contribution is 5.98. The Kier molecular flexibility index (Phi) is 5.08. The van der Waals surface area contributed by atoms with Crippen LogP contribution in [0.5, 0.6) is 5.75 Å². The van der Waals surface area contributed by atoms with E-state index in [2.05, 4.69) is 15.8 Å². The number of pyridine rings is 1. The standard InChI is InChI=1S/C16H17N3O3/c1-3-22-14-8-6-12(7-9-14)15(20)18-19-16(21)13-5-4-11(2)17-10-13/h4-10H,3H2,1-2H3,(H,18,20)(H,19,21). The molecule has 0 saturated heterocycles. The lowest BCUT2D eigenvalue weighted by atomic mass is 10.2. The van der Waals surface area contributed by atoms with Gasteiger partial charge in [0.1, 0.15) is 5.75 Å². The Hall–Kier alpha value is -2.89. The van der Waals surface area contributed by atoms with Gasteiger partial charge in [0.2, 0.25) is 0 Å². The molecule has 0 atom stereocenters. The molecule has 1 aromatic heterocycles. The lowest BCUT2D eigenvalue weighted by molar-refractivity contribution is 0.0846. The average Bonchev–Trinajstić information content (AvgIpc) is 2.54. The van der Waals surface area contributed by atoms with Gasteiger partial charge in [0, 0.05) is 17.5 Å². The largest absolute Gasteiger partial charge is 0.494 e. The highest BCUT2D eigenvalue weighted by Crippen LogP contribution is 2.11. The fraction of sp³-hybridized carbons (Fsp3) is 0.188. The van der Waals surface area contributed by atoms with Gasteiger partial charge in [-0.1, -0.05) is 0 Å². The van der Waals surface area contributed by atoms with Gasteiger partial charge in [0.05, 0.1) is 12.2 Å². The van der Waals surface area contributed by atoms with Crippen LogP contribution in [0.1, 0.15) is 33.3 Å². The zero-order chi connectivity index (χ0) is 15.9. The second kappa shape index (κ2) is 7.21. The quantitative estimate of drug-likeness (QED) is 0.845. The monoisotopic (exact) mass is 299 g/mol. The maximum atomic E-state index is 11.9. The molecule has 0 aliphatic rings. The molecule has 22 heavy (non-hydrogen) atoms. The molecule has 2 rings (SSSR count). The van der Waals surface area contributed by atoms with Crippen LogP contribution in [-0.4, -0.2) is 23.4 Å². The molecule has 1 heterocycles. The minimum absolute atomic E-state index is 0.373. The first-order valence-electron chi connectivity index (χ1n) is 6.86. The molecule has 114 valence electrons. The maximum Gasteiger partial charge on any atom is 0.271 e. The van der Waals surface area contributed by atoms with Gasteiger partial charge in [-0.2, -0.15) is 0 Å². The number of carbonyl (C=O) groups excluding carboxylic acids is 2. The third kappa shape index (κ3) is 4.05. The zero-order valence-electron chi connectivity index (χ0n) is 12.4. The molecule has 0 fully saturated rings. The Morgan fingerprint density at radius 2 is 1.59 bits per heavy atom. The fourth-order valence-corrected chi connectivity index (χ4v) is 1.73. The van der Waals surface area contributed by atoms with Crippen molar-refractivity contribution in [1.82, 2.24) is 15.8 Å². The van der Waals surface area contributed by atoms with Crippen LogP contribution in [0.2, 0.25) is 0 Å². The number of aromatic nitrogens is 1. The molecule has 0 radical (unpaired) electrons. The normalized spacial score (nSPS) is 9.91. The molecule has 1 aromatic carbocycles. The van der Waals surface area contributed by atoms with E-state index in [-0.39, 0.29) is 0 Å². The molecule has 0 saturated carbocycles. The molecule has 2 amide bonds. The van der Waals surface area contributed by atoms with Crippen LogP contribution >= 0.6 is 0 Å². The van der Waals surface area contributed by atoms with Crippen molar-refractivity contribution in [3.05, 3.63) is 59.4 Å². The van der Waals surface area contributed by atoms with Crippen LogP contribution in [0, 0.1) is 6.92 Å². The number of benzene rings is 1. The van der Waals surface area contributed by atoms with Gasteiger partial charge in [-0.3, -0.25) is 25.4 Å². The molecule has 0 aliphatic heterocycles. The summed E-state index contributed by atoms with van der Waals surface area (Å²) >= 11 is 0. The Balaban J connectivity index is 1.91. The number of nitrogens with zero attached hydrogens (tertiary/aromatic N) is 1. The Bertz CT molecular complexity index is 651. The predicted octanol–water partition coefficient (Wildman–Crippen LogP) is 1.86. The number of hydrogen-bond acceptors (Lipinski definition) is 4. The third-order valence-electron chi connectivity index (χ3n) is 2.89. The summed E-state index contributed by atoms with van der Waals surface area (Å²) < 4.78 is 5.30. The molecule has 0 aliphatic carbocycles. The molecular weight excluding hydrogens is 282 g/mol. The molecule has 6 heteroatoms. The number of hydrazine groups is 1. The van der Waals surface area contributed by atoms with E-state index in [1.165, 1.54) is 6.20 Å². The topological polar surface area (TPSA) is 80.3 Å². The van der Waals surface area contributed by atoms with Crippen LogP contribution in [-0.2, 0) is 0 Å². The van der Waals surface area contributed by atoms with Crippen LogP contribution < -0.4 is 15.6 Å². The van der Waals surface area contributed by atoms with Crippen molar-refractivity contribution in [2.75, 3.05) is 6.61 Å². The van der Waals surface area contributed by atoms with E-state index in [1.54, 1.807) is 36.4 Å². The molecular formula is C16H17N3O3. The van der Waals surface area contributed by atoms with Crippen molar-refractivity contribution in [1.29, 1.82) is 0 Å². The van der Waals surface area contributed by atoms with Gasteiger partial charge in [0.15, 0.2) is 0 Å². The summed E-state index contributed by atoms with van der Waals surface area (Å²) in [6, 6.07) is 10.0. The van der Waals surface area contributed by atoms with Crippen LogP contribution in [0.4, 0.5) is 0 Å². The molecule has 0 spiro atoms. The SMILES string of the molecule is CCOc1ccc(C(=O)NNC(=O)c2ccc(C)nc2)cc1. The van der Waals surface area contributed by atoms with Crippen molar-refractivity contribution >= 4 is 11.8 Å². The highest BCUT2D eigenvalue weighted by Gasteiger charge is 2.09. The Morgan fingerprint density at radius 1 is 1.00 bits per heavy atom. The molecule has 2 N–H and O–H groups in total. The van der Waals surface area contributed by atoms with E-state index < -0.39 is 11.8 Å². The first kappa shape index (κ1) is 15.5. The van der Waals surface area contributed by atoms with Crippen molar-refractivity contribution in [3.8, 4) is 5.75 Å². The van der Waals surface area contributed by atoms with Crippen LogP contribution in [0.25, 0.3) is 0 Å². The fourth-order valence-electron chi connectivity index (χ4n) is 1.73. The number of carbonyl (C=O) groups is 2. The van der Waals surface area contributed by atoms with Gasteiger partial charge in [-0.15, -0.1) is 0 Å². The van der Waals surface area contributed by atoms with E-state index in [9.17, 15) is 9.59 Å².